The molecule has 0 spiro atoms. The second kappa shape index (κ2) is 9.57. The number of thiophene rings is 1. The molecule has 1 saturated heterocycles. The van der Waals surface area contributed by atoms with Gasteiger partial charge in [0, 0.05) is 35.9 Å². The number of hydrogen-bond acceptors (Lipinski definition) is 4. The summed E-state index contributed by atoms with van der Waals surface area (Å²) in [5.41, 5.74) is 0. The molecule has 1 atom stereocenters. The zero-order chi connectivity index (χ0) is 12.1. The molecule has 19 heavy (non-hydrogen) atoms. The zero-order valence-electron chi connectivity index (χ0n) is 11.1. The average molecular weight is 322 g/mol. The van der Waals surface area contributed by atoms with E-state index in [9.17, 15) is 0 Å². The van der Waals surface area contributed by atoms with Crippen LogP contribution in [0, 0.1) is 11.3 Å². The summed E-state index contributed by atoms with van der Waals surface area (Å²) in [5, 5.41) is 12.4. The third-order valence-corrected chi connectivity index (χ3v) is 4.57. The summed E-state index contributed by atoms with van der Waals surface area (Å²) in [6.45, 7) is 6.35. The van der Waals surface area contributed by atoms with E-state index in [0.29, 0.717) is 12.5 Å². The first-order valence-electron chi connectivity index (χ1n) is 6.25. The predicted octanol–water partition coefficient (Wildman–Crippen LogP) is 3.01. The largest absolute Gasteiger partial charge is 0.314 e. The molecular formula is C13H21Cl2N3S. The Balaban J connectivity index is 0.00000162. The minimum absolute atomic E-state index is 0. The van der Waals surface area contributed by atoms with Crippen LogP contribution >= 0.6 is 36.2 Å². The van der Waals surface area contributed by atoms with Gasteiger partial charge in [-0.3, -0.25) is 4.90 Å². The zero-order valence-corrected chi connectivity index (χ0v) is 13.5. The SMILES string of the molecule is CCc1ccc([C@@H](CC#N)N2CCNCC2)s1.Cl.Cl. The summed E-state index contributed by atoms with van der Waals surface area (Å²) in [6.07, 6.45) is 1.69. The Morgan fingerprint density at radius 2 is 2.05 bits per heavy atom. The summed E-state index contributed by atoms with van der Waals surface area (Å²) in [6, 6.07) is 7.04. The Morgan fingerprint density at radius 3 is 2.58 bits per heavy atom. The van der Waals surface area contributed by atoms with Crippen molar-refractivity contribution in [3.05, 3.63) is 21.9 Å². The highest BCUT2D eigenvalue weighted by Gasteiger charge is 2.23. The van der Waals surface area contributed by atoms with E-state index in [1.54, 1.807) is 0 Å². The number of nitrogens with zero attached hydrogens (tertiary/aromatic N) is 2. The first-order chi connectivity index (χ1) is 8.35. The molecular weight excluding hydrogens is 301 g/mol. The molecule has 2 rings (SSSR count). The van der Waals surface area contributed by atoms with Crippen LogP contribution in [0.4, 0.5) is 0 Å². The molecule has 1 N–H and O–H groups in total. The van der Waals surface area contributed by atoms with Crippen molar-refractivity contribution in [3.63, 3.8) is 0 Å². The quantitative estimate of drug-likeness (QED) is 0.926. The summed E-state index contributed by atoms with van der Waals surface area (Å²) < 4.78 is 0. The molecule has 1 aliphatic rings. The van der Waals surface area contributed by atoms with Crippen molar-refractivity contribution in [3.8, 4) is 6.07 Å². The lowest BCUT2D eigenvalue weighted by Gasteiger charge is -2.33. The fraction of sp³-hybridized carbons (Fsp3) is 0.615. The van der Waals surface area contributed by atoms with Crippen LogP contribution in [0.5, 0.6) is 0 Å². The van der Waals surface area contributed by atoms with Gasteiger partial charge in [0.1, 0.15) is 0 Å². The number of halogens is 2. The van der Waals surface area contributed by atoms with E-state index in [-0.39, 0.29) is 24.8 Å². The third kappa shape index (κ3) is 4.94. The van der Waals surface area contributed by atoms with Crippen molar-refractivity contribution >= 4 is 36.2 Å². The van der Waals surface area contributed by atoms with Crippen LogP contribution in [0.2, 0.25) is 0 Å². The summed E-state index contributed by atoms with van der Waals surface area (Å²) in [5.74, 6) is 0. The molecule has 1 aromatic rings. The van der Waals surface area contributed by atoms with Gasteiger partial charge in [-0.25, -0.2) is 0 Å². The van der Waals surface area contributed by atoms with Crippen molar-refractivity contribution < 1.29 is 0 Å². The molecule has 1 aliphatic heterocycles. The fourth-order valence-electron chi connectivity index (χ4n) is 2.25. The first kappa shape index (κ1) is 18.7. The molecule has 3 nitrogen and oxygen atoms in total. The highest BCUT2D eigenvalue weighted by Crippen LogP contribution is 2.30. The van der Waals surface area contributed by atoms with E-state index in [1.807, 2.05) is 11.3 Å². The second-order valence-corrected chi connectivity index (χ2v) is 5.52. The lowest BCUT2D eigenvalue weighted by Crippen LogP contribution is -2.44. The first-order valence-corrected chi connectivity index (χ1v) is 7.07. The van der Waals surface area contributed by atoms with Gasteiger partial charge in [-0.15, -0.1) is 36.2 Å². The molecule has 0 bridgehead atoms. The Labute approximate surface area is 131 Å². The normalized spacial score (nSPS) is 16.8. The smallest absolute Gasteiger partial charge is 0.0642 e. The monoisotopic (exact) mass is 321 g/mol. The van der Waals surface area contributed by atoms with E-state index in [0.717, 1.165) is 32.6 Å². The van der Waals surface area contributed by atoms with Gasteiger partial charge in [0.15, 0.2) is 0 Å². The van der Waals surface area contributed by atoms with Gasteiger partial charge in [-0.2, -0.15) is 5.26 Å². The van der Waals surface area contributed by atoms with E-state index >= 15 is 0 Å². The van der Waals surface area contributed by atoms with Crippen molar-refractivity contribution in [1.82, 2.24) is 10.2 Å². The maximum Gasteiger partial charge on any atom is 0.0642 e. The van der Waals surface area contributed by atoms with Gasteiger partial charge < -0.3 is 5.32 Å². The van der Waals surface area contributed by atoms with Gasteiger partial charge in [0.2, 0.25) is 0 Å². The Hall–Kier alpha value is -0.310. The Kier molecular flexibility index (Phi) is 9.42. The number of nitriles is 1. The van der Waals surface area contributed by atoms with Crippen molar-refractivity contribution in [2.45, 2.75) is 25.8 Å². The number of rotatable bonds is 4. The van der Waals surface area contributed by atoms with Gasteiger partial charge in [-0.05, 0) is 18.6 Å². The van der Waals surface area contributed by atoms with E-state index in [4.69, 9.17) is 5.26 Å². The summed E-state index contributed by atoms with van der Waals surface area (Å²) in [7, 11) is 0. The summed E-state index contributed by atoms with van der Waals surface area (Å²) in [4.78, 5) is 5.20. The van der Waals surface area contributed by atoms with E-state index < -0.39 is 0 Å². The second-order valence-electron chi connectivity index (χ2n) is 4.32. The molecule has 108 valence electrons. The maximum atomic E-state index is 9.00. The number of nitrogens with one attached hydrogen (secondary N) is 1. The lowest BCUT2D eigenvalue weighted by atomic mass is 10.1. The van der Waals surface area contributed by atoms with Crippen LogP contribution in [-0.4, -0.2) is 31.1 Å². The number of piperazine rings is 1. The predicted molar refractivity (Wildman–Crippen MR) is 85.6 cm³/mol. The molecule has 0 amide bonds. The molecule has 0 saturated carbocycles. The van der Waals surface area contributed by atoms with E-state index in [2.05, 4.69) is 35.3 Å². The minimum Gasteiger partial charge on any atom is -0.314 e. The number of aryl methyl sites for hydroxylation is 1. The average Bonchev–Trinajstić information content (AvgIpc) is 2.85. The molecule has 0 aromatic carbocycles. The molecule has 2 heterocycles. The lowest BCUT2D eigenvalue weighted by molar-refractivity contribution is 0.178. The Bertz CT molecular complexity index is 397. The van der Waals surface area contributed by atoms with Gasteiger partial charge in [0.05, 0.1) is 18.5 Å². The van der Waals surface area contributed by atoms with Crippen molar-refractivity contribution in [2.24, 2.45) is 0 Å². The topological polar surface area (TPSA) is 39.1 Å². The van der Waals surface area contributed by atoms with Crippen LogP contribution < -0.4 is 5.32 Å². The highest BCUT2D eigenvalue weighted by atomic mass is 35.5. The molecule has 1 fully saturated rings. The third-order valence-electron chi connectivity index (χ3n) is 3.24. The van der Waals surface area contributed by atoms with Crippen LogP contribution in [-0.2, 0) is 6.42 Å². The van der Waals surface area contributed by atoms with Crippen molar-refractivity contribution in [1.29, 1.82) is 5.26 Å². The molecule has 6 heteroatoms. The molecule has 0 aliphatic carbocycles. The van der Waals surface area contributed by atoms with Crippen molar-refractivity contribution in [2.75, 3.05) is 26.2 Å². The van der Waals surface area contributed by atoms with Crippen LogP contribution in [0.3, 0.4) is 0 Å². The maximum absolute atomic E-state index is 9.00. The van der Waals surface area contributed by atoms with Gasteiger partial charge in [-0.1, -0.05) is 6.92 Å². The fourth-order valence-corrected chi connectivity index (χ4v) is 3.34. The molecule has 1 aromatic heterocycles. The number of hydrogen-bond donors (Lipinski definition) is 1. The Morgan fingerprint density at radius 1 is 1.37 bits per heavy atom. The van der Waals surface area contributed by atoms with E-state index in [1.165, 1.54) is 9.75 Å². The van der Waals surface area contributed by atoms with Gasteiger partial charge >= 0.3 is 0 Å². The summed E-state index contributed by atoms with van der Waals surface area (Å²) >= 11 is 1.86. The standard InChI is InChI=1S/C13H19N3S.2ClH/c1-2-11-3-4-13(17-11)12(5-6-14)16-9-7-15-8-10-16;;/h3-4,12,15H,2,5,7-10H2,1H3;2*1H/t12-;;/m1../s1. The minimum atomic E-state index is 0. The van der Waals surface area contributed by atoms with Crippen LogP contribution in [0.25, 0.3) is 0 Å². The van der Waals surface area contributed by atoms with Gasteiger partial charge in [0.25, 0.3) is 0 Å². The molecule has 0 unspecified atom stereocenters. The molecule has 0 radical (unpaired) electrons. The van der Waals surface area contributed by atoms with Crippen LogP contribution in [0.15, 0.2) is 12.1 Å². The highest BCUT2D eigenvalue weighted by molar-refractivity contribution is 7.12. The van der Waals surface area contributed by atoms with Crippen LogP contribution in [0.1, 0.15) is 29.1 Å².